The second kappa shape index (κ2) is 10.3. The van der Waals surface area contributed by atoms with E-state index in [0.29, 0.717) is 18.4 Å². The van der Waals surface area contributed by atoms with Gasteiger partial charge in [0, 0.05) is 44.6 Å². The Kier molecular flexibility index (Phi) is 9.19. The Morgan fingerprint density at radius 1 is 1.30 bits per heavy atom. The second-order valence-electron chi connectivity index (χ2n) is 6.31. The summed E-state index contributed by atoms with van der Waals surface area (Å²) in [5.41, 5.74) is 0.328. The van der Waals surface area contributed by atoms with Gasteiger partial charge in [-0.3, -0.25) is 9.79 Å². The topological polar surface area (TPSA) is 66.0 Å². The molecule has 1 spiro atoms. The molecule has 2 aliphatic heterocycles. The lowest BCUT2D eigenvalue weighted by Gasteiger charge is -2.24. The summed E-state index contributed by atoms with van der Waals surface area (Å²) in [6, 6.07) is 0. The molecule has 0 saturated carbocycles. The Morgan fingerprint density at radius 3 is 2.78 bits per heavy atom. The molecule has 2 heterocycles. The molecule has 0 bridgehead atoms. The molecule has 2 aliphatic rings. The summed E-state index contributed by atoms with van der Waals surface area (Å²) in [6.45, 7) is 10.1. The Hall–Kier alpha value is -0.570. The van der Waals surface area contributed by atoms with Crippen molar-refractivity contribution in [1.82, 2.24) is 15.5 Å². The van der Waals surface area contributed by atoms with Crippen molar-refractivity contribution in [3.63, 3.8) is 0 Å². The van der Waals surface area contributed by atoms with Crippen molar-refractivity contribution < 1.29 is 9.53 Å². The van der Waals surface area contributed by atoms with Crippen LogP contribution in [0.4, 0.5) is 0 Å². The number of rotatable bonds is 6. The molecule has 1 unspecified atom stereocenters. The number of hydrogen-bond donors (Lipinski definition) is 2. The first-order valence-corrected chi connectivity index (χ1v) is 8.57. The molecular weight excluding hydrogens is 407 g/mol. The average molecular weight is 438 g/mol. The predicted octanol–water partition coefficient (Wildman–Crippen LogP) is 1.60. The van der Waals surface area contributed by atoms with Gasteiger partial charge in [-0.05, 0) is 26.2 Å². The molecule has 2 N–H and O–H groups in total. The highest BCUT2D eigenvalue weighted by Crippen LogP contribution is 2.38. The highest BCUT2D eigenvalue weighted by molar-refractivity contribution is 14.0. The number of aliphatic imine (C=N–C) groups is 1. The molecule has 0 aromatic carbocycles. The minimum atomic E-state index is 0. The average Bonchev–Trinajstić information content (AvgIpc) is 3.15. The first kappa shape index (κ1) is 20.5. The number of likely N-dealkylation sites (tertiary alicyclic amines) is 1. The summed E-state index contributed by atoms with van der Waals surface area (Å²) < 4.78 is 5.58. The monoisotopic (exact) mass is 438 g/mol. The van der Waals surface area contributed by atoms with Crippen molar-refractivity contribution in [2.45, 2.75) is 39.5 Å². The van der Waals surface area contributed by atoms with Crippen LogP contribution in [0.25, 0.3) is 0 Å². The number of nitrogens with zero attached hydrogens (tertiary/aromatic N) is 2. The van der Waals surface area contributed by atoms with Gasteiger partial charge in [0.1, 0.15) is 0 Å². The number of carbonyl (C=O) groups is 1. The van der Waals surface area contributed by atoms with E-state index in [2.05, 4.69) is 34.4 Å². The lowest BCUT2D eigenvalue weighted by Crippen LogP contribution is -2.41. The maximum Gasteiger partial charge on any atom is 0.221 e. The molecular formula is C16H31IN4O2. The van der Waals surface area contributed by atoms with Crippen LogP contribution in [-0.2, 0) is 9.53 Å². The van der Waals surface area contributed by atoms with Gasteiger partial charge < -0.3 is 20.3 Å². The minimum absolute atomic E-state index is 0. The summed E-state index contributed by atoms with van der Waals surface area (Å²) in [5, 5.41) is 6.24. The van der Waals surface area contributed by atoms with E-state index in [1.807, 2.05) is 0 Å². The number of nitrogens with one attached hydrogen (secondary N) is 2. The van der Waals surface area contributed by atoms with E-state index in [-0.39, 0.29) is 29.9 Å². The third-order valence-corrected chi connectivity index (χ3v) is 4.43. The molecule has 6 nitrogen and oxygen atoms in total. The minimum Gasteiger partial charge on any atom is -0.381 e. The number of halogens is 1. The summed E-state index contributed by atoms with van der Waals surface area (Å²) in [4.78, 5) is 18.6. The maximum absolute atomic E-state index is 11.6. The van der Waals surface area contributed by atoms with Gasteiger partial charge in [-0.1, -0.05) is 6.92 Å². The number of carbonyl (C=O) groups excluding carboxylic acids is 1. The molecule has 2 rings (SSSR count). The molecule has 0 aromatic rings. The van der Waals surface area contributed by atoms with Crippen LogP contribution in [0, 0.1) is 5.41 Å². The van der Waals surface area contributed by atoms with Crippen molar-refractivity contribution in [3.8, 4) is 0 Å². The van der Waals surface area contributed by atoms with E-state index in [9.17, 15) is 4.79 Å². The third-order valence-electron chi connectivity index (χ3n) is 4.43. The smallest absolute Gasteiger partial charge is 0.221 e. The van der Waals surface area contributed by atoms with Crippen LogP contribution in [0.5, 0.6) is 0 Å². The number of hydrogen-bond acceptors (Lipinski definition) is 3. The van der Waals surface area contributed by atoms with E-state index >= 15 is 0 Å². The Bertz CT molecular complexity index is 398. The van der Waals surface area contributed by atoms with Gasteiger partial charge in [-0.15, -0.1) is 24.0 Å². The zero-order chi connectivity index (χ0) is 15.8. The van der Waals surface area contributed by atoms with Gasteiger partial charge in [0.25, 0.3) is 0 Å². The number of guanidine groups is 1. The van der Waals surface area contributed by atoms with E-state index in [1.165, 1.54) is 6.42 Å². The number of amides is 1. The normalized spacial score (nSPS) is 23.9. The van der Waals surface area contributed by atoms with Crippen LogP contribution >= 0.6 is 24.0 Å². The molecule has 0 aliphatic carbocycles. The van der Waals surface area contributed by atoms with Gasteiger partial charge in [0.15, 0.2) is 5.96 Å². The molecule has 1 atom stereocenters. The molecule has 7 heteroatoms. The fourth-order valence-electron chi connectivity index (χ4n) is 3.13. The molecule has 0 radical (unpaired) electrons. The summed E-state index contributed by atoms with van der Waals surface area (Å²) in [6.07, 6.45) is 3.75. The Morgan fingerprint density at radius 2 is 2.13 bits per heavy atom. The molecule has 2 fully saturated rings. The molecule has 1 amide bonds. The quantitative estimate of drug-likeness (QED) is 0.376. The van der Waals surface area contributed by atoms with Gasteiger partial charge in [-0.25, -0.2) is 0 Å². The molecule has 0 aromatic heterocycles. The van der Waals surface area contributed by atoms with Crippen LogP contribution in [0.15, 0.2) is 4.99 Å². The first-order chi connectivity index (χ1) is 10.7. The SMILES string of the molecule is CCCNC(=O)CCN=C(NCC)N1CCC2(CCOC2)C1.I. The lowest BCUT2D eigenvalue weighted by molar-refractivity contribution is -0.120. The summed E-state index contributed by atoms with van der Waals surface area (Å²) in [5.74, 6) is 1.03. The fraction of sp³-hybridized carbons (Fsp3) is 0.875. The van der Waals surface area contributed by atoms with Crippen LogP contribution in [0.2, 0.25) is 0 Å². The van der Waals surface area contributed by atoms with Gasteiger partial charge in [0.2, 0.25) is 5.91 Å². The van der Waals surface area contributed by atoms with E-state index in [1.54, 1.807) is 0 Å². The van der Waals surface area contributed by atoms with Gasteiger partial charge in [0.05, 0.1) is 13.2 Å². The van der Waals surface area contributed by atoms with Crippen LogP contribution in [0.3, 0.4) is 0 Å². The van der Waals surface area contributed by atoms with Crippen LogP contribution < -0.4 is 10.6 Å². The Balaban J connectivity index is 0.00000264. The number of ether oxygens (including phenoxy) is 1. The molecule has 134 valence electrons. The van der Waals surface area contributed by atoms with Crippen molar-refractivity contribution in [3.05, 3.63) is 0 Å². The zero-order valence-corrected chi connectivity index (χ0v) is 16.7. The van der Waals surface area contributed by atoms with Gasteiger partial charge >= 0.3 is 0 Å². The van der Waals surface area contributed by atoms with E-state index < -0.39 is 0 Å². The van der Waals surface area contributed by atoms with Crippen molar-refractivity contribution in [1.29, 1.82) is 0 Å². The van der Waals surface area contributed by atoms with Crippen molar-refractivity contribution >= 4 is 35.8 Å². The van der Waals surface area contributed by atoms with Crippen LogP contribution in [-0.4, -0.2) is 62.7 Å². The Labute approximate surface area is 156 Å². The summed E-state index contributed by atoms with van der Waals surface area (Å²) >= 11 is 0. The zero-order valence-electron chi connectivity index (χ0n) is 14.4. The highest BCUT2D eigenvalue weighted by atomic mass is 127. The first-order valence-electron chi connectivity index (χ1n) is 8.57. The second-order valence-corrected chi connectivity index (χ2v) is 6.31. The highest BCUT2D eigenvalue weighted by Gasteiger charge is 2.42. The maximum atomic E-state index is 11.6. The fourth-order valence-corrected chi connectivity index (χ4v) is 3.13. The molecule has 2 saturated heterocycles. The molecule has 23 heavy (non-hydrogen) atoms. The van der Waals surface area contributed by atoms with Gasteiger partial charge in [-0.2, -0.15) is 0 Å². The van der Waals surface area contributed by atoms with Crippen molar-refractivity contribution in [2.75, 3.05) is 45.9 Å². The third kappa shape index (κ3) is 6.10. The standard InChI is InChI=1S/C16H30N4O2.HI/c1-3-8-18-14(21)5-9-19-15(17-4-2)20-10-6-16(12-20)7-11-22-13-16;/h3-13H2,1-2H3,(H,17,19)(H,18,21);1H. The summed E-state index contributed by atoms with van der Waals surface area (Å²) in [7, 11) is 0. The van der Waals surface area contributed by atoms with Crippen LogP contribution in [0.1, 0.15) is 39.5 Å². The van der Waals surface area contributed by atoms with E-state index in [4.69, 9.17) is 4.74 Å². The lowest BCUT2D eigenvalue weighted by atomic mass is 9.87. The van der Waals surface area contributed by atoms with Crippen molar-refractivity contribution in [2.24, 2.45) is 10.4 Å². The predicted molar refractivity (Wildman–Crippen MR) is 103 cm³/mol. The van der Waals surface area contributed by atoms with E-state index in [0.717, 1.165) is 58.2 Å². The largest absolute Gasteiger partial charge is 0.381 e.